The highest BCUT2D eigenvalue weighted by Gasteiger charge is 2.35. The van der Waals surface area contributed by atoms with Crippen molar-refractivity contribution in [2.75, 3.05) is 16.0 Å². The molecule has 0 saturated carbocycles. The van der Waals surface area contributed by atoms with Gasteiger partial charge in [0, 0.05) is 23.2 Å². The highest BCUT2D eigenvalue weighted by molar-refractivity contribution is 6.30. The van der Waals surface area contributed by atoms with E-state index in [-0.39, 0.29) is 35.1 Å². The van der Waals surface area contributed by atoms with E-state index in [0.29, 0.717) is 10.7 Å². The normalized spacial score (nSPS) is 14.8. The van der Waals surface area contributed by atoms with Gasteiger partial charge in [-0.2, -0.15) is 4.98 Å². The molecular weight excluding hydrogens is 440 g/mol. The van der Waals surface area contributed by atoms with Gasteiger partial charge in [0.15, 0.2) is 0 Å². The number of aromatic amines is 1. The minimum atomic E-state index is -1.19. The van der Waals surface area contributed by atoms with Crippen LogP contribution in [0, 0.1) is 10.1 Å². The average molecular weight is 455 g/mol. The SMILES string of the molecule is O=C1C[C@@H](C(=O)Nc2ccccc2[N+](=O)[O-])c2c(nc(Nc3cccc(Cl)c3)[nH]c2=O)N1. The van der Waals surface area contributed by atoms with Crippen molar-refractivity contribution in [1.82, 2.24) is 9.97 Å². The average Bonchev–Trinajstić information content (AvgIpc) is 2.73. The molecule has 0 saturated heterocycles. The Bertz CT molecular complexity index is 1310. The fraction of sp³-hybridized carbons (Fsp3) is 0.100. The second-order valence-corrected chi connectivity index (χ2v) is 7.32. The first-order valence-electron chi connectivity index (χ1n) is 9.33. The molecular formula is C20H15ClN6O5. The maximum absolute atomic E-state index is 12.9. The van der Waals surface area contributed by atoms with Crippen LogP contribution >= 0.6 is 11.6 Å². The van der Waals surface area contributed by atoms with E-state index in [1.807, 2.05) is 0 Å². The van der Waals surface area contributed by atoms with Crippen LogP contribution in [0.2, 0.25) is 5.02 Å². The predicted octanol–water partition coefficient (Wildman–Crippen LogP) is 3.14. The summed E-state index contributed by atoms with van der Waals surface area (Å²) < 4.78 is 0. The number of nitro groups is 1. The number of anilines is 4. The molecule has 2 aromatic carbocycles. The van der Waals surface area contributed by atoms with Crippen LogP contribution in [0.25, 0.3) is 0 Å². The molecule has 3 aromatic rings. The molecule has 0 radical (unpaired) electrons. The molecule has 2 heterocycles. The van der Waals surface area contributed by atoms with E-state index in [1.54, 1.807) is 24.3 Å². The topological polar surface area (TPSA) is 159 Å². The molecule has 0 fully saturated rings. The van der Waals surface area contributed by atoms with Gasteiger partial charge in [0.1, 0.15) is 11.5 Å². The Balaban J connectivity index is 1.66. The number of halogens is 1. The van der Waals surface area contributed by atoms with E-state index >= 15 is 0 Å². The number of carbonyl (C=O) groups is 2. The lowest BCUT2D eigenvalue weighted by atomic mass is 9.92. The molecule has 2 amide bonds. The van der Waals surface area contributed by atoms with Crippen LogP contribution in [-0.2, 0) is 9.59 Å². The Morgan fingerprint density at radius 2 is 1.97 bits per heavy atom. The van der Waals surface area contributed by atoms with Crippen molar-refractivity contribution >= 4 is 52.2 Å². The van der Waals surface area contributed by atoms with E-state index in [1.165, 1.54) is 24.3 Å². The summed E-state index contributed by atoms with van der Waals surface area (Å²) >= 11 is 5.95. The molecule has 4 N–H and O–H groups in total. The van der Waals surface area contributed by atoms with E-state index in [2.05, 4.69) is 25.9 Å². The van der Waals surface area contributed by atoms with Gasteiger partial charge in [0.05, 0.1) is 16.4 Å². The molecule has 1 aromatic heterocycles. The second kappa shape index (κ2) is 8.47. The number of hydrogen-bond donors (Lipinski definition) is 4. The Kier molecular flexibility index (Phi) is 5.56. The molecule has 12 heteroatoms. The number of nitrogens with zero attached hydrogens (tertiary/aromatic N) is 2. The molecule has 0 spiro atoms. The predicted molar refractivity (Wildman–Crippen MR) is 117 cm³/mol. The van der Waals surface area contributed by atoms with E-state index in [0.717, 1.165) is 0 Å². The molecule has 0 aliphatic carbocycles. The molecule has 0 unspecified atom stereocenters. The molecule has 1 atom stereocenters. The molecule has 32 heavy (non-hydrogen) atoms. The summed E-state index contributed by atoms with van der Waals surface area (Å²) in [6.45, 7) is 0. The summed E-state index contributed by atoms with van der Waals surface area (Å²) in [7, 11) is 0. The standard InChI is InChI=1S/C20H15ClN6O5/c21-10-4-3-5-11(8-10)22-20-25-17-16(19(30)26-20)12(9-15(28)24-17)18(29)23-13-6-1-2-7-14(13)27(31)32/h1-8,12H,9H2,(H,23,29)(H3,22,24,25,26,28,30)/t12-/m1/s1. The van der Waals surface area contributed by atoms with Crippen molar-refractivity contribution in [3.8, 4) is 0 Å². The number of nitro benzene ring substituents is 1. The highest BCUT2D eigenvalue weighted by atomic mass is 35.5. The third kappa shape index (κ3) is 4.27. The lowest BCUT2D eigenvalue weighted by Crippen LogP contribution is -2.36. The van der Waals surface area contributed by atoms with Gasteiger partial charge in [0.25, 0.3) is 11.2 Å². The van der Waals surface area contributed by atoms with Crippen molar-refractivity contribution < 1.29 is 14.5 Å². The number of fused-ring (bicyclic) bond motifs is 1. The number of aromatic nitrogens is 2. The first-order valence-corrected chi connectivity index (χ1v) is 9.70. The first kappa shape index (κ1) is 21.0. The number of amides is 2. The summed E-state index contributed by atoms with van der Waals surface area (Å²) in [5.74, 6) is -2.48. The van der Waals surface area contributed by atoms with Crippen LogP contribution in [0.1, 0.15) is 17.9 Å². The van der Waals surface area contributed by atoms with Crippen molar-refractivity contribution in [3.05, 3.63) is 79.6 Å². The minimum Gasteiger partial charge on any atom is -0.326 e. The fourth-order valence-corrected chi connectivity index (χ4v) is 3.51. The number of nitrogens with one attached hydrogen (secondary N) is 4. The van der Waals surface area contributed by atoms with Crippen LogP contribution in [-0.4, -0.2) is 26.7 Å². The van der Waals surface area contributed by atoms with Crippen LogP contribution in [0.4, 0.5) is 28.8 Å². The summed E-state index contributed by atoms with van der Waals surface area (Å²) in [6, 6.07) is 12.3. The van der Waals surface area contributed by atoms with Crippen LogP contribution in [0.3, 0.4) is 0 Å². The molecule has 11 nitrogen and oxygen atoms in total. The van der Waals surface area contributed by atoms with Gasteiger partial charge in [0.2, 0.25) is 17.8 Å². The third-order valence-electron chi connectivity index (χ3n) is 4.71. The molecule has 0 bridgehead atoms. The second-order valence-electron chi connectivity index (χ2n) is 6.88. The zero-order valence-electron chi connectivity index (χ0n) is 16.2. The highest BCUT2D eigenvalue weighted by Crippen LogP contribution is 2.32. The fourth-order valence-electron chi connectivity index (χ4n) is 3.32. The number of para-hydroxylation sites is 2. The monoisotopic (exact) mass is 454 g/mol. The van der Waals surface area contributed by atoms with Gasteiger partial charge in [-0.1, -0.05) is 29.8 Å². The number of hydrogen-bond acceptors (Lipinski definition) is 7. The van der Waals surface area contributed by atoms with Gasteiger partial charge < -0.3 is 16.0 Å². The Morgan fingerprint density at radius 3 is 2.72 bits per heavy atom. The van der Waals surface area contributed by atoms with Gasteiger partial charge in [-0.25, -0.2) is 0 Å². The van der Waals surface area contributed by atoms with E-state index in [9.17, 15) is 24.5 Å². The maximum atomic E-state index is 12.9. The zero-order chi connectivity index (χ0) is 22.8. The van der Waals surface area contributed by atoms with Crippen molar-refractivity contribution in [3.63, 3.8) is 0 Å². The summed E-state index contributed by atoms with van der Waals surface area (Å²) in [5, 5.41) is 19.5. The Hall–Kier alpha value is -4.25. The first-order chi connectivity index (χ1) is 15.3. The van der Waals surface area contributed by atoms with Crippen molar-refractivity contribution in [1.29, 1.82) is 0 Å². The molecule has 162 valence electrons. The number of H-pyrrole nitrogens is 1. The van der Waals surface area contributed by atoms with E-state index < -0.39 is 28.2 Å². The Morgan fingerprint density at radius 1 is 1.19 bits per heavy atom. The largest absolute Gasteiger partial charge is 0.326 e. The van der Waals surface area contributed by atoms with Crippen LogP contribution < -0.4 is 21.5 Å². The van der Waals surface area contributed by atoms with Gasteiger partial charge >= 0.3 is 0 Å². The van der Waals surface area contributed by atoms with Gasteiger partial charge in [-0.3, -0.25) is 29.5 Å². The molecule has 1 aliphatic heterocycles. The summed E-state index contributed by atoms with van der Waals surface area (Å²) in [5.41, 5.74) is -0.485. The number of benzene rings is 2. The molecule has 4 rings (SSSR count). The van der Waals surface area contributed by atoms with Crippen molar-refractivity contribution in [2.45, 2.75) is 12.3 Å². The number of carbonyl (C=O) groups excluding carboxylic acids is 2. The maximum Gasteiger partial charge on any atom is 0.292 e. The lowest BCUT2D eigenvalue weighted by molar-refractivity contribution is -0.383. The third-order valence-corrected chi connectivity index (χ3v) is 4.95. The quantitative estimate of drug-likeness (QED) is 0.340. The Labute approximate surface area is 185 Å². The van der Waals surface area contributed by atoms with Gasteiger partial charge in [-0.05, 0) is 24.3 Å². The number of rotatable bonds is 5. The molecule has 1 aliphatic rings. The summed E-state index contributed by atoms with van der Waals surface area (Å²) in [4.78, 5) is 55.2. The summed E-state index contributed by atoms with van der Waals surface area (Å²) in [6.07, 6.45) is -0.314. The van der Waals surface area contributed by atoms with Crippen LogP contribution in [0.15, 0.2) is 53.3 Å². The van der Waals surface area contributed by atoms with Gasteiger partial charge in [-0.15, -0.1) is 0 Å². The minimum absolute atomic E-state index is 0.0380. The van der Waals surface area contributed by atoms with Crippen molar-refractivity contribution in [2.24, 2.45) is 0 Å². The lowest BCUT2D eigenvalue weighted by Gasteiger charge is -2.23. The van der Waals surface area contributed by atoms with Crippen LogP contribution in [0.5, 0.6) is 0 Å². The smallest absolute Gasteiger partial charge is 0.292 e. The van der Waals surface area contributed by atoms with E-state index in [4.69, 9.17) is 11.6 Å². The zero-order valence-corrected chi connectivity index (χ0v) is 17.0.